The average molecular weight is 477 g/mol. The standard InChI is InChI=1S/C26H28N4O5/c1-3-14-8-6-9-16-22(14)28-25(34)26(16)21-20(17(29-26)11-12-19(27)31)23(32)30(24(21)33)13-15-7-4-5-10-18(15)35-2/h4-10,17,20-21,29H,3,11-13H2,1-2H3,(H2,27,31)(H,28,34)/t17-,20-,21-,26-/m1/s1. The van der Waals surface area contributed by atoms with E-state index in [9.17, 15) is 19.2 Å². The van der Waals surface area contributed by atoms with Crippen LogP contribution in [-0.4, -0.2) is 41.7 Å². The zero-order valence-corrected chi connectivity index (χ0v) is 19.7. The van der Waals surface area contributed by atoms with Gasteiger partial charge in [-0.25, -0.2) is 0 Å². The number of nitrogens with zero attached hydrogens (tertiary/aromatic N) is 1. The SMILES string of the molecule is CCc1cccc2c1NC(=O)[C@@]21N[C@H](CCC(N)=O)[C@H]2C(=O)N(Cc3ccccc3OC)C(=O)[C@@H]21. The number of carbonyl (C=O) groups excluding carboxylic acids is 4. The van der Waals surface area contributed by atoms with Crippen molar-refractivity contribution in [1.29, 1.82) is 0 Å². The number of anilines is 1. The number of hydrogen-bond acceptors (Lipinski definition) is 6. The topological polar surface area (TPSA) is 131 Å². The van der Waals surface area contributed by atoms with Crippen molar-refractivity contribution in [2.75, 3.05) is 12.4 Å². The number of rotatable bonds is 7. The largest absolute Gasteiger partial charge is 0.496 e. The van der Waals surface area contributed by atoms with E-state index in [4.69, 9.17) is 10.5 Å². The van der Waals surface area contributed by atoms with Crippen LogP contribution in [0.1, 0.15) is 36.5 Å². The number of carbonyl (C=O) groups is 4. The molecule has 0 aliphatic carbocycles. The molecule has 3 aliphatic rings. The van der Waals surface area contributed by atoms with Gasteiger partial charge in [-0.1, -0.05) is 43.3 Å². The summed E-state index contributed by atoms with van der Waals surface area (Å²) in [7, 11) is 1.53. The van der Waals surface area contributed by atoms with Gasteiger partial charge in [0.1, 0.15) is 11.3 Å². The first-order chi connectivity index (χ1) is 16.8. The zero-order valence-electron chi connectivity index (χ0n) is 19.7. The highest BCUT2D eigenvalue weighted by molar-refractivity contribution is 6.15. The Morgan fingerprint density at radius 3 is 2.54 bits per heavy atom. The number of nitrogens with two attached hydrogens (primary N) is 1. The lowest BCUT2D eigenvalue weighted by atomic mass is 9.76. The molecule has 2 fully saturated rings. The van der Waals surface area contributed by atoms with Crippen LogP contribution in [0.15, 0.2) is 42.5 Å². The zero-order chi connectivity index (χ0) is 24.9. The Balaban J connectivity index is 1.60. The summed E-state index contributed by atoms with van der Waals surface area (Å²) in [6, 6.07) is 12.3. The van der Waals surface area contributed by atoms with Crippen LogP contribution in [0.5, 0.6) is 5.75 Å². The van der Waals surface area contributed by atoms with Gasteiger partial charge in [-0.05, 0) is 24.5 Å². The molecule has 4 N–H and O–H groups in total. The van der Waals surface area contributed by atoms with Crippen LogP contribution in [0, 0.1) is 11.8 Å². The molecule has 4 amide bonds. The molecule has 9 heteroatoms. The van der Waals surface area contributed by atoms with Crippen molar-refractivity contribution in [1.82, 2.24) is 10.2 Å². The molecule has 0 saturated carbocycles. The van der Waals surface area contributed by atoms with Crippen LogP contribution in [0.25, 0.3) is 0 Å². The molecule has 9 nitrogen and oxygen atoms in total. The Bertz CT molecular complexity index is 1240. The Hall–Kier alpha value is -3.72. The lowest BCUT2D eigenvalue weighted by Crippen LogP contribution is -2.53. The van der Waals surface area contributed by atoms with Crippen molar-refractivity contribution in [2.24, 2.45) is 17.6 Å². The molecule has 0 radical (unpaired) electrons. The van der Waals surface area contributed by atoms with Gasteiger partial charge in [-0.3, -0.25) is 29.4 Å². The molecular weight excluding hydrogens is 448 g/mol. The summed E-state index contributed by atoms with van der Waals surface area (Å²) in [5.74, 6) is -2.79. The average Bonchev–Trinajstić information content (AvgIpc) is 3.43. The second-order valence-corrected chi connectivity index (χ2v) is 9.29. The molecule has 1 spiro atoms. The van der Waals surface area contributed by atoms with Crippen molar-refractivity contribution < 1.29 is 23.9 Å². The third kappa shape index (κ3) is 3.33. The first-order valence-electron chi connectivity index (χ1n) is 11.8. The monoisotopic (exact) mass is 476 g/mol. The van der Waals surface area contributed by atoms with Crippen molar-refractivity contribution >= 4 is 29.3 Å². The highest BCUT2D eigenvalue weighted by Gasteiger charge is 2.70. The molecule has 0 unspecified atom stereocenters. The second kappa shape index (κ2) is 8.49. The second-order valence-electron chi connectivity index (χ2n) is 9.29. The number of methoxy groups -OCH3 is 1. The molecule has 2 aromatic rings. The minimum absolute atomic E-state index is 0.0361. The molecule has 3 heterocycles. The maximum atomic E-state index is 13.9. The van der Waals surface area contributed by atoms with Gasteiger partial charge in [0, 0.05) is 29.3 Å². The van der Waals surface area contributed by atoms with E-state index >= 15 is 0 Å². The Labute approximate surface area is 203 Å². The number of nitrogens with one attached hydrogen (secondary N) is 2. The quantitative estimate of drug-likeness (QED) is 0.519. The van der Waals surface area contributed by atoms with E-state index in [2.05, 4.69) is 10.6 Å². The molecule has 0 aromatic heterocycles. The Kier molecular flexibility index (Phi) is 5.59. The van der Waals surface area contributed by atoms with Gasteiger partial charge in [-0.15, -0.1) is 0 Å². The fourth-order valence-electron chi connectivity index (χ4n) is 5.95. The van der Waals surface area contributed by atoms with Crippen LogP contribution in [0.4, 0.5) is 5.69 Å². The number of ether oxygens (including phenoxy) is 1. The summed E-state index contributed by atoms with van der Waals surface area (Å²) >= 11 is 0. The number of benzene rings is 2. The number of amides is 4. The molecule has 182 valence electrons. The number of likely N-dealkylation sites (tertiary alicyclic amines) is 1. The van der Waals surface area contributed by atoms with Crippen LogP contribution in [0.3, 0.4) is 0 Å². The van der Waals surface area contributed by atoms with Crippen LogP contribution < -0.4 is 21.1 Å². The van der Waals surface area contributed by atoms with Gasteiger partial charge >= 0.3 is 0 Å². The summed E-state index contributed by atoms with van der Waals surface area (Å²) in [6.45, 7) is 2.03. The summed E-state index contributed by atoms with van der Waals surface area (Å²) < 4.78 is 5.41. The fraction of sp³-hybridized carbons (Fsp3) is 0.385. The minimum Gasteiger partial charge on any atom is -0.496 e. The van der Waals surface area contributed by atoms with Gasteiger partial charge in [0.05, 0.1) is 25.5 Å². The smallest absolute Gasteiger partial charge is 0.250 e. The third-order valence-electron chi connectivity index (χ3n) is 7.53. The minimum atomic E-state index is -1.39. The van der Waals surface area contributed by atoms with Crippen molar-refractivity contribution in [3.8, 4) is 5.75 Å². The first kappa shape index (κ1) is 23.0. The van der Waals surface area contributed by atoms with Gasteiger partial charge < -0.3 is 15.8 Å². The van der Waals surface area contributed by atoms with Gasteiger partial charge in [-0.2, -0.15) is 0 Å². The van der Waals surface area contributed by atoms with Gasteiger partial charge in [0.25, 0.3) is 0 Å². The predicted octanol–water partition coefficient (Wildman–Crippen LogP) is 1.44. The summed E-state index contributed by atoms with van der Waals surface area (Å²) in [5.41, 5.74) is 7.00. The van der Waals surface area contributed by atoms with E-state index in [1.165, 1.54) is 12.0 Å². The van der Waals surface area contributed by atoms with Crippen LogP contribution in [0.2, 0.25) is 0 Å². The summed E-state index contributed by atoms with van der Waals surface area (Å²) in [6.07, 6.45) is 0.982. The van der Waals surface area contributed by atoms with E-state index in [1.807, 2.05) is 37.3 Å². The number of hydrogen-bond donors (Lipinski definition) is 3. The molecule has 2 aromatic carbocycles. The molecule has 3 aliphatic heterocycles. The predicted molar refractivity (Wildman–Crippen MR) is 127 cm³/mol. The number of primary amides is 1. The molecule has 4 atom stereocenters. The molecule has 5 rings (SSSR count). The number of para-hydroxylation sites is 2. The van der Waals surface area contributed by atoms with Crippen molar-refractivity contribution in [2.45, 2.75) is 44.3 Å². The fourth-order valence-corrected chi connectivity index (χ4v) is 5.95. The van der Waals surface area contributed by atoms with Gasteiger partial charge in [0.15, 0.2) is 0 Å². The lowest BCUT2D eigenvalue weighted by molar-refractivity contribution is -0.143. The summed E-state index contributed by atoms with van der Waals surface area (Å²) in [5, 5.41) is 6.31. The van der Waals surface area contributed by atoms with Crippen molar-refractivity contribution in [3.05, 3.63) is 59.2 Å². The number of imide groups is 1. The van der Waals surface area contributed by atoms with Crippen LogP contribution >= 0.6 is 0 Å². The highest BCUT2D eigenvalue weighted by atomic mass is 16.5. The normalized spacial score (nSPS) is 26.7. The molecule has 2 saturated heterocycles. The lowest BCUT2D eigenvalue weighted by Gasteiger charge is -2.29. The maximum absolute atomic E-state index is 13.9. The molecular formula is C26H28N4O5. The Morgan fingerprint density at radius 2 is 1.83 bits per heavy atom. The van der Waals surface area contributed by atoms with E-state index in [0.29, 0.717) is 29.0 Å². The van der Waals surface area contributed by atoms with Crippen LogP contribution in [-0.2, 0) is 37.7 Å². The van der Waals surface area contributed by atoms with Crippen molar-refractivity contribution in [3.63, 3.8) is 0 Å². The first-order valence-corrected chi connectivity index (χ1v) is 11.8. The number of aryl methyl sites for hydroxylation is 1. The summed E-state index contributed by atoms with van der Waals surface area (Å²) in [4.78, 5) is 54.0. The van der Waals surface area contributed by atoms with E-state index in [1.54, 1.807) is 12.1 Å². The maximum Gasteiger partial charge on any atom is 0.250 e. The number of fused-ring (bicyclic) bond motifs is 4. The third-order valence-corrected chi connectivity index (χ3v) is 7.53. The Morgan fingerprint density at radius 1 is 1.09 bits per heavy atom. The highest BCUT2D eigenvalue weighted by Crippen LogP contribution is 2.54. The molecule has 35 heavy (non-hydrogen) atoms. The van der Waals surface area contributed by atoms with E-state index in [0.717, 1.165) is 5.56 Å². The van der Waals surface area contributed by atoms with E-state index in [-0.39, 0.29) is 31.2 Å². The van der Waals surface area contributed by atoms with E-state index < -0.39 is 35.2 Å². The van der Waals surface area contributed by atoms with Gasteiger partial charge in [0.2, 0.25) is 23.6 Å². The molecule has 0 bridgehead atoms.